The van der Waals surface area contributed by atoms with Gasteiger partial charge < -0.3 is 10.2 Å². The van der Waals surface area contributed by atoms with Gasteiger partial charge in [0.05, 0.1) is 0 Å². The number of Topliss-reactive ketones (excluding diaryl/α,β-unsaturated/α-hetero) is 1. The van der Waals surface area contributed by atoms with Crippen molar-refractivity contribution in [2.75, 3.05) is 26.2 Å². The van der Waals surface area contributed by atoms with Gasteiger partial charge in [0.25, 0.3) is 0 Å². The standard InChI is InChI=1S/C16H26N2O/c1-13-12-14(2-3-15(13)19)18-10-6-16(7-11-18)4-8-17-9-5-16/h2,13,17H,3-12H2,1H3. The molecule has 1 spiro atoms. The maximum atomic E-state index is 11.6. The lowest BCUT2D eigenvalue weighted by atomic mass is 9.71. The van der Waals surface area contributed by atoms with Crippen LogP contribution >= 0.6 is 0 Å². The molecule has 0 bridgehead atoms. The maximum absolute atomic E-state index is 11.6. The Morgan fingerprint density at radius 1 is 1.21 bits per heavy atom. The molecule has 2 fully saturated rings. The molecular weight excluding hydrogens is 236 g/mol. The minimum Gasteiger partial charge on any atom is -0.375 e. The van der Waals surface area contributed by atoms with E-state index in [9.17, 15) is 4.79 Å². The Kier molecular flexibility index (Phi) is 3.66. The smallest absolute Gasteiger partial charge is 0.139 e. The van der Waals surface area contributed by atoms with Crippen molar-refractivity contribution in [2.45, 2.75) is 45.4 Å². The summed E-state index contributed by atoms with van der Waals surface area (Å²) in [5.74, 6) is 0.644. The molecule has 0 aromatic carbocycles. The van der Waals surface area contributed by atoms with Gasteiger partial charge in [0.2, 0.25) is 0 Å². The number of hydrogen-bond acceptors (Lipinski definition) is 3. The summed E-state index contributed by atoms with van der Waals surface area (Å²) in [5, 5.41) is 3.48. The third-order valence-corrected chi connectivity index (χ3v) is 5.50. The molecule has 3 aliphatic rings. The van der Waals surface area contributed by atoms with Crippen LogP contribution in [0.5, 0.6) is 0 Å². The van der Waals surface area contributed by atoms with Gasteiger partial charge in [0.15, 0.2) is 0 Å². The molecule has 19 heavy (non-hydrogen) atoms. The van der Waals surface area contributed by atoms with Crippen LogP contribution in [0.15, 0.2) is 11.8 Å². The number of piperidine rings is 2. The van der Waals surface area contributed by atoms with Gasteiger partial charge in [-0.15, -0.1) is 0 Å². The zero-order chi connectivity index (χ0) is 13.3. The second kappa shape index (κ2) is 5.28. The van der Waals surface area contributed by atoms with E-state index in [4.69, 9.17) is 0 Å². The van der Waals surface area contributed by atoms with Crippen LogP contribution in [0.4, 0.5) is 0 Å². The molecule has 106 valence electrons. The van der Waals surface area contributed by atoms with E-state index in [0.717, 1.165) is 6.42 Å². The molecular formula is C16H26N2O. The SMILES string of the molecule is CC1CC(N2CCC3(CCNCC3)CC2)=CCC1=O. The number of carbonyl (C=O) groups excluding carboxylic acids is 1. The van der Waals surface area contributed by atoms with Crippen LogP contribution in [0.2, 0.25) is 0 Å². The van der Waals surface area contributed by atoms with Crippen LogP contribution in [-0.2, 0) is 4.79 Å². The summed E-state index contributed by atoms with van der Waals surface area (Å²) in [5.41, 5.74) is 2.06. The number of hydrogen-bond donors (Lipinski definition) is 1. The lowest BCUT2D eigenvalue weighted by Crippen LogP contribution is -2.45. The zero-order valence-corrected chi connectivity index (χ0v) is 12.1. The van der Waals surface area contributed by atoms with Crippen molar-refractivity contribution in [1.82, 2.24) is 10.2 Å². The Labute approximate surface area is 116 Å². The van der Waals surface area contributed by atoms with E-state index in [2.05, 4.69) is 23.2 Å². The molecule has 3 heteroatoms. The summed E-state index contributed by atoms with van der Waals surface area (Å²) in [6, 6.07) is 0. The predicted molar refractivity (Wildman–Crippen MR) is 76.8 cm³/mol. The first-order valence-electron chi connectivity index (χ1n) is 7.86. The summed E-state index contributed by atoms with van der Waals surface area (Å²) in [6.07, 6.45) is 9.20. The number of carbonyl (C=O) groups is 1. The van der Waals surface area contributed by atoms with Crippen molar-refractivity contribution in [1.29, 1.82) is 0 Å². The highest BCUT2D eigenvalue weighted by Crippen LogP contribution is 2.41. The summed E-state index contributed by atoms with van der Waals surface area (Å²) in [4.78, 5) is 14.1. The van der Waals surface area contributed by atoms with E-state index in [1.807, 2.05) is 0 Å². The van der Waals surface area contributed by atoms with Crippen molar-refractivity contribution in [2.24, 2.45) is 11.3 Å². The van der Waals surface area contributed by atoms with E-state index < -0.39 is 0 Å². The van der Waals surface area contributed by atoms with Crippen molar-refractivity contribution >= 4 is 5.78 Å². The summed E-state index contributed by atoms with van der Waals surface area (Å²) in [6.45, 7) is 6.88. The van der Waals surface area contributed by atoms with Crippen molar-refractivity contribution < 1.29 is 4.79 Å². The summed E-state index contributed by atoms with van der Waals surface area (Å²) in [7, 11) is 0. The molecule has 0 saturated carbocycles. The normalized spacial score (nSPS) is 31.4. The molecule has 1 aliphatic carbocycles. The number of ketones is 1. The Hall–Kier alpha value is -0.830. The fraction of sp³-hybridized carbons (Fsp3) is 0.812. The molecule has 3 nitrogen and oxygen atoms in total. The predicted octanol–water partition coefficient (Wildman–Crippen LogP) is 2.33. The molecule has 0 aromatic rings. The Morgan fingerprint density at radius 3 is 2.53 bits per heavy atom. The van der Waals surface area contributed by atoms with Gasteiger partial charge in [-0.3, -0.25) is 4.79 Å². The van der Waals surface area contributed by atoms with Crippen molar-refractivity contribution in [3.05, 3.63) is 11.8 Å². The number of allylic oxidation sites excluding steroid dienone is 2. The number of rotatable bonds is 1. The fourth-order valence-corrected chi connectivity index (χ4v) is 3.91. The first-order chi connectivity index (χ1) is 9.19. The lowest BCUT2D eigenvalue weighted by Gasteiger charge is -2.46. The van der Waals surface area contributed by atoms with E-state index in [-0.39, 0.29) is 5.92 Å². The molecule has 1 N–H and O–H groups in total. The molecule has 1 unspecified atom stereocenters. The molecule has 2 heterocycles. The molecule has 2 saturated heterocycles. The van der Waals surface area contributed by atoms with Gasteiger partial charge >= 0.3 is 0 Å². The van der Waals surface area contributed by atoms with Gasteiger partial charge in [-0.05, 0) is 50.6 Å². The van der Waals surface area contributed by atoms with Gasteiger partial charge in [0.1, 0.15) is 5.78 Å². The highest BCUT2D eigenvalue weighted by atomic mass is 16.1. The van der Waals surface area contributed by atoms with E-state index in [0.29, 0.717) is 17.6 Å². The number of likely N-dealkylation sites (tertiary alicyclic amines) is 1. The molecule has 2 aliphatic heterocycles. The van der Waals surface area contributed by atoms with Crippen LogP contribution in [0.3, 0.4) is 0 Å². The second-order valence-electron chi connectivity index (χ2n) is 6.71. The Balaban J connectivity index is 1.59. The van der Waals surface area contributed by atoms with Gasteiger partial charge in [0, 0.05) is 31.1 Å². The van der Waals surface area contributed by atoms with Gasteiger partial charge in [-0.25, -0.2) is 0 Å². The third-order valence-electron chi connectivity index (χ3n) is 5.50. The minimum atomic E-state index is 0.231. The molecule has 0 amide bonds. The number of nitrogens with one attached hydrogen (secondary N) is 1. The van der Waals surface area contributed by atoms with Crippen LogP contribution in [0.1, 0.15) is 45.4 Å². The Morgan fingerprint density at radius 2 is 1.89 bits per heavy atom. The monoisotopic (exact) mass is 262 g/mol. The molecule has 0 radical (unpaired) electrons. The second-order valence-corrected chi connectivity index (χ2v) is 6.71. The van der Waals surface area contributed by atoms with Crippen LogP contribution < -0.4 is 5.32 Å². The highest BCUT2D eigenvalue weighted by molar-refractivity contribution is 5.83. The minimum absolute atomic E-state index is 0.231. The molecule has 0 aromatic heterocycles. The quantitative estimate of drug-likeness (QED) is 0.787. The maximum Gasteiger partial charge on any atom is 0.139 e. The molecule has 1 atom stereocenters. The van der Waals surface area contributed by atoms with E-state index >= 15 is 0 Å². The zero-order valence-electron chi connectivity index (χ0n) is 12.1. The third kappa shape index (κ3) is 2.71. The summed E-state index contributed by atoms with van der Waals surface area (Å²) >= 11 is 0. The lowest BCUT2D eigenvalue weighted by molar-refractivity contribution is -0.122. The molecule has 3 rings (SSSR count). The van der Waals surface area contributed by atoms with Crippen molar-refractivity contribution in [3.8, 4) is 0 Å². The topological polar surface area (TPSA) is 32.3 Å². The van der Waals surface area contributed by atoms with Crippen LogP contribution in [-0.4, -0.2) is 36.9 Å². The van der Waals surface area contributed by atoms with Crippen molar-refractivity contribution in [3.63, 3.8) is 0 Å². The van der Waals surface area contributed by atoms with E-state index in [1.165, 1.54) is 57.6 Å². The number of nitrogens with zero attached hydrogens (tertiary/aromatic N) is 1. The van der Waals surface area contributed by atoms with Crippen LogP contribution in [0, 0.1) is 11.3 Å². The Bertz CT molecular complexity index is 372. The average molecular weight is 262 g/mol. The summed E-state index contributed by atoms with van der Waals surface area (Å²) < 4.78 is 0. The average Bonchev–Trinajstić information content (AvgIpc) is 2.44. The van der Waals surface area contributed by atoms with E-state index in [1.54, 1.807) is 0 Å². The largest absolute Gasteiger partial charge is 0.375 e. The highest BCUT2D eigenvalue weighted by Gasteiger charge is 2.36. The first-order valence-corrected chi connectivity index (χ1v) is 7.86. The first kappa shape index (κ1) is 13.2. The van der Waals surface area contributed by atoms with Gasteiger partial charge in [-0.1, -0.05) is 13.0 Å². The fourth-order valence-electron chi connectivity index (χ4n) is 3.91. The van der Waals surface area contributed by atoms with Crippen LogP contribution in [0.25, 0.3) is 0 Å². The van der Waals surface area contributed by atoms with Gasteiger partial charge in [-0.2, -0.15) is 0 Å².